The van der Waals surface area contributed by atoms with E-state index in [2.05, 4.69) is 10.6 Å². The normalized spacial score (nSPS) is 21.7. The predicted molar refractivity (Wildman–Crippen MR) is 81.6 cm³/mol. The van der Waals surface area contributed by atoms with Crippen LogP contribution in [0.1, 0.15) is 30.1 Å². The van der Waals surface area contributed by atoms with Crippen LogP contribution in [-0.4, -0.2) is 31.6 Å². The summed E-state index contributed by atoms with van der Waals surface area (Å²) in [5.41, 5.74) is 0.664. The molecule has 1 aliphatic rings. The van der Waals surface area contributed by atoms with E-state index in [1.54, 1.807) is 12.1 Å². The molecule has 5 nitrogen and oxygen atoms in total. The lowest BCUT2D eigenvalue weighted by Gasteiger charge is -2.29. The predicted octanol–water partition coefficient (Wildman–Crippen LogP) is 2.45. The molecular weight excluding hydrogens is 292 g/mol. The van der Waals surface area contributed by atoms with Crippen LogP contribution in [0.5, 0.6) is 0 Å². The minimum atomic E-state index is -0.530. The first-order valence-electron chi connectivity index (χ1n) is 6.95. The van der Waals surface area contributed by atoms with Crippen LogP contribution in [0.25, 0.3) is 0 Å². The number of amides is 1. The second kappa shape index (κ2) is 6.91. The van der Waals surface area contributed by atoms with E-state index in [9.17, 15) is 9.59 Å². The molecular formula is C15H19ClN2O3. The van der Waals surface area contributed by atoms with Gasteiger partial charge in [0.2, 0.25) is 5.91 Å². The summed E-state index contributed by atoms with van der Waals surface area (Å²) < 4.78 is 4.72. The molecule has 0 aliphatic carbocycles. The molecule has 0 radical (unpaired) electrons. The Morgan fingerprint density at radius 3 is 2.86 bits per heavy atom. The Balaban J connectivity index is 2.18. The van der Waals surface area contributed by atoms with E-state index in [1.165, 1.54) is 13.2 Å². The third-order valence-electron chi connectivity index (χ3n) is 3.70. The first-order chi connectivity index (χ1) is 10.0. The van der Waals surface area contributed by atoms with Crippen molar-refractivity contribution in [3.63, 3.8) is 0 Å². The molecule has 1 saturated heterocycles. The van der Waals surface area contributed by atoms with E-state index in [0.29, 0.717) is 10.7 Å². The molecule has 114 valence electrons. The number of methoxy groups -OCH3 is 1. The van der Waals surface area contributed by atoms with Gasteiger partial charge in [0.1, 0.15) is 0 Å². The number of ether oxygens (including phenoxy) is 1. The van der Waals surface area contributed by atoms with Crippen LogP contribution in [0.2, 0.25) is 5.02 Å². The molecule has 1 fully saturated rings. The number of rotatable bonds is 3. The molecule has 2 N–H and O–H groups in total. The molecule has 2 rings (SSSR count). The van der Waals surface area contributed by atoms with Crippen LogP contribution in [0.15, 0.2) is 18.2 Å². The Morgan fingerprint density at radius 2 is 2.19 bits per heavy atom. The van der Waals surface area contributed by atoms with Crippen molar-refractivity contribution >= 4 is 29.2 Å². The van der Waals surface area contributed by atoms with Crippen molar-refractivity contribution in [1.82, 2.24) is 5.32 Å². The highest BCUT2D eigenvalue weighted by atomic mass is 35.5. The molecule has 21 heavy (non-hydrogen) atoms. The molecule has 6 heteroatoms. The number of esters is 1. The lowest BCUT2D eigenvalue weighted by atomic mass is 9.92. The second-order valence-electron chi connectivity index (χ2n) is 5.22. The van der Waals surface area contributed by atoms with Gasteiger partial charge in [0.05, 0.1) is 24.4 Å². The van der Waals surface area contributed by atoms with Gasteiger partial charge in [-0.05, 0) is 43.5 Å². The summed E-state index contributed by atoms with van der Waals surface area (Å²) in [6.07, 6.45) is 2.08. The number of carbonyl (C=O) groups is 2. The van der Waals surface area contributed by atoms with Gasteiger partial charge < -0.3 is 15.4 Å². The minimum Gasteiger partial charge on any atom is -0.465 e. The maximum Gasteiger partial charge on any atom is 0.340 e. The summed E-state index contributed by atoms with van der Waals surface area (Å²) in [6, 6.07) is 4.47. The van der Waals surface area contributed by atoms with Gasteiger partial charge in [0.25, 0.3) is 0 Å². The summed E-state index contributed by atoms with van der Waals surface area (Å²) >= 11 is 5.89. The molecule has 0 saturated carbocycles. The van der Waals surface area contributed by atoms with Gasteiger partial charge in [0.15, 0.2) is 0 Å². The fourth-order valence-corrected chi connectivity index (χ4v) is 2.69. The second-order valence-corrected chi connectivity index (χ2v) is 5.66. The largest absolute Gasteiger partial charge is 0.465 e. The number of halogens is 1. The topological polar surface area (TPSA) is 67.4 Å². The average Bonchev–Trinajstić information content (AvgIpc) is 2.48. The Bertz CT molecular complexity index is 548. The maximum atomic E-state index is 12.4. The van der Waals surface area contributed by atoms with Crippen molar-refractivity contribution in [3.8, 4) is 0 Å². The van der Waals surface area contributed by atoms with E-state index in [1.807, 2.05) is 6.92 Å². The molecule has 0 bridgehead atoms. The fourth-order valence-electron chi connectivity index (χ4n) is 2.52. The van der Waals surface area contributed by atoms with Crippen molar-refractivity contribution in [3.05, 3.63) is 28.8 Å². The van der Waals surface area contributed by atoms with Crippen LogP contribution in [0, 0.1) is 5.92 Å². The summed E-state index contributed by atoms with van der Waals surface area (Å²) in [5.74, 6) is -0.417. The standard InChI is InChI=1S/C15H19ClN2O3/c1-9-4-3-7-17-13(9)14(19)18-12-6-5-10(16)8-11(12)15(20)21-2/h5-6,8-9,13,17H,3-4,7H2,1-2H3,(H,18,19). The Kier molecular flexibility index (Phi) is 5.20. The van der Waals surface area contributed by atoms with E-state index in [-0.39, 0.29) is 23.4 Å². The maximum absolute atomic E-state index is 12.4. The van der Waals surface area contributed by atoms with Crippen LogP contribution in [-0.2, 0) is 9.53 Å². The monoisotopic (exact) mass is 310 g/mol. The Morgan fingerprint density at radius 1 is 1.43 bits per heavy atom. The van der Waals surface area contributed by atoms with Crippen molar-refractivity contribution in [1.29, 1.82) is 0 Å². The zero-order valence-corrected chi connectivity index (χ0v) is 12.9. The highest BCUT2D eigenvalue weighted by molar-refractivity contribution is 6.31. The number of piperidine rings is 1. The van der Waals surface area contributed by atoms with Gasteiger partial charge >= 0.3 is 5.97 Å². The van der Waals surface area contributed by atoms with Crippen molar-refractivity contribution < 1.29 is 14.3 Å². The number of benzene rings is 1. The molecule has 2 atom stereocenters. The molecule has 1 aromatic rings. The van der Waals surface area contributed by atoms with Crippen LogP contribution in [0.3, 0.4) is 0 Å². The number of anilines is 1. The number of hydrogen-bond acceptors (Lipinski definition) is 4. The minimum absolute atomic E-state index is 0.144. The van der Waals surface area contributed by atoms with Crippen LogP contribution in [0.4, 0.5) is 5.69 Å². The summed E-state index contributed by atoms with van der Waals surface area (Å²) in [6.45, 7) is 2.87. The highest BCUT2D eigenvalue weighted by Crippen LogP contribution is 2.23. The molecule has 0 aromatic heterocycles. The van der Waals surface area contributed by atoms with Gasteiger partial charge in [-0.3, -0.25) is 4.79 Å². The number of nitrogens with one attached hydrogen (secondary N) is 2. The fraction of sp³-hybridized carbons (Fsp3) is 0.467. The third-order valence-corrected chi connectivity index (χ3v) is 3.93. The average molecular weight is 311 g/mol. The molecule has 2 unspecified atom stereocenters. The SMILES string of the molecule is COC(=O)c1cc(Cl)ccc1NC(=O)C1NCCCC1C. The van der Waals surface area contributed by atoms with E-state index < -0.39 is 5.97 Å². The Hall–Kier alpha value is -1.59. The van der Waals surface area contributed by atoms with E-state index in [4.69, 9.17) is 16.3 Å². The van der Waals surface area contributed by atoms with E-state index >= 15 is 0 Å². The van der Waals surface area contributed by atoms with Crippen molar-refractivity contribution in [2.24, 2.45) is 5.92 Å². The summed E-state index contributed by atoms with van der Waals surface area (Å²) in [5, 5.41) is 6.42. The number of hydrogen-bond donors (Lipinski definition) is 2. The van der Waals surface area contributed by atoms with E-state index in [0.717, 1.165) is 19.4 Å². The first-order valence-corrected chi connectivity index (χ1v) is 7.33. The molecule has 1 amide bonds. The number of carbonyl (C=O) groups excluding carboxylic acids is 2. The Labute approximate surface area is 129 Å². The summed E-state index contributed by atoms with van der Waals surface area (Å²) in [4.78, 5) is 24.1. The lowest BCUT2D eigenvalue weighted by Crippen LogP contribution is -2.48. The molecule has 1 heterocycles. The first kappa shape index (κ1) is 15.8. The third kappa shape index (κ3) is 3.74. The van der Waals surface area contributed by atoms with Gasteiger partial charge in [-0.2, -0.15) is 0 Å². The zero-order valence-electron chi connectivity index (χ0n) is 12.1. The zero-order chi connectivity index (χ0) is 15.4. The highest BCUT2D eigenvalue weighted by Gasteiger charge is 2.28. The van der Waals surface area contributed by atoms with Gasteiger partial charge in [-0.1, -0.05) is 18.5 Å². The summed E-state index contributed by atoms with van der Waals surface area (Å²) in [7, 11) is 1.29. The lowest BCUT2D eigenvalue weighted by molar-refractivity contribution is -0.119. The smallest absolute Gasteiger partial charge is 0.340 e. The molecule has 1 aliphatic heterocycles. The van der Waals surface area contributed by atoms with Crippen molar-refractivity contribution in [2.75, 3.05) is 19.0 Å². The van der Waals surface area contributed by atoms with Crippen LogP contribution < -0.4 is 10.6 Å². The van der Waals surface area contributed by atoms with Gasteiger partial charge in [-0.25, -0.2) is 4.79 Å². The quantitative estimate of drug-likeness (QED) is 0.842. The molecule has 1 aromatic carbocycles. The van der Waals surface area contributed by atoms with Gasteiger partial charge in [-0.15, -0.1) is 0 Å². The molecule has 0 spiro atoms. The van der Waals surface area contributed by atoms with Crippen molar-refractivity contribution in [2.45, 2.75) is 25.8 Å². The van der Waals surface area contributed by atoms with Crippen LogP contribution >= 0.6 is 11.6 Å². The van der Waals surface area contributed by atoms with Gasteiger partial charge in [0, 0.05) is 5.02 Å².